The molecule has 9 heteroatoms. The summed E-state index contributed by atoms with van der Waals surface area (Å²) < 4.78 is 15.5. The van der Waals surface area contributed by atoms with Crippen molar-refractivity contribution in [2.75, 3.05) is 31.0 Å². The number of anilines is 2. The van der Waals surface area contributed by atoms with Crippen molar-refractivity contribution in [1.82, 2.24) is 0 Å². The summed E-state index contributed by atoms with van der Waals surface area (Å²) in [7, 11) is 2.98. The molecule has 1 aliphatic heterocycles. The summed E-state index contributed by atoms with van der Waals surface area (Å²) in [5, 5.41) is 2.63. The van der Waals surface area contributed by atoms with Gasteiger partial charge in [-0.25, -0.2) is 4.79 Å². The van der Waals surface area contributed by atoms with Gasteiger partial charge in [0.05, 0.1) is 43.0 Å². The number of nitrogens with one attached hydrogen (secondary N) is 1. The largest absolute Gasteiger partial charge is 0.497 e. The van der Waals surface area contributed by atoms with Gasteiger partial charge in [0, 0.05) is 6.07 Å². The Bertz CT molecular complexity index is 1160. The lowest BCUT2D eigenvalue weighted by molar-refractivity contribution is -0.122. The maximum absolute atomic E-state index is 13.0. The van der Waals surface area contributed by atoms with Crippen LogP contribution in [0.1, 0.15) is 36.5 Å². The molecule has 35 heavy (non-hydrogen) atoms. The number of benzene rings is 2. The highest BCUT2D eigenvalue weighted by Gasteiger charge is 2.50. The molecule has 0 bridgehead atoms. The van der Waals surface area contributed by atoms with E-state index in [0.717, 1.165) is 6.42 Å². The number of esters is 1. The number of ether oxygens (including phenoxy) is 3. The van der Waals surface area contributed by atoms with E-state index >= 15 is 0 Å². The summed E-state index contributed by atoms with van der Waals surface area (Å²) in [5.74, 6) is -0.974. The zero-order valence-electron chi connectivity index (χ0n) is 19.9. The lowest BCUT2D eigenvalue weighted by Crippen LogP contribution is -2.31. The third-order valence-corrected chi connectivity index (χ3v) is 6.54. The predicted molar refractivity (Wildman–Crippen MR) is 127 cm³/mol. The molecule has 2 aromatic rings. The Hall–Kier alpha value is -3.88. The maximum Gasteiger partial charge on any atom is 0.338 e. The van der Waals surface area contributed by atoms with E-state index in [1.165, 1.54) is 31.3 Å². The summed E-state index contributed by atoms with van der Waals surface area (Å²) >= 11 is 0. The van der Waals surface area contributed by atoms with Crippen molar-refractivity contribution in [3.8, 4) is 11.5 Å². The van der Waals surface area contributed by atoms with Gasteiger partial charge in [0.25, 0.3) is 5.91 Å². The Balaban J connectivity index is 1.40. The minimum atomic E-state index is -0.742. The normalized spacial score (nSPS) is 21.3. The first-order chi connectivity index (χ1) is 16.8. The molecule has 0 unspecified atom stereocenters. The lowest BCUT2D eigenvalue weighted by atomic mass is 9.76. The molecule has 0 spiro atoms. The number of carbonyl (C=O) groups excluding carboxylic acids is 4. The first-order valence-electron chi connectivity index (χ1n) is 11.5. The summed E-state index contributed by atoms with van der Waals surface area (Å²) in [6.45, 7) is 1.57. The van der Waals surface area contributed by atoms with Crippen molar-refractivity contribution in [1.29, 1.82) is 0 Å². The Morgan fingerprint density at radius 2 is 1.77 bits per heavy atom. The Labute approximate surface area is 203 Å². The van der Waals surface area contributed by atoms with E-state index in [2.05, 4.69) is 12.2 Å². The second-order valence-electron chi connectivity index (χ2n) is 8.88. The summed E-state index contributed by atoms with van der Waals surface area (Å²) in [5.41, 5.74) is 0.878. The molecule has 1 N–H and O–H groups in total. The van der Waals surface area contributed by atoms with E-state index < -0.39 is 18.5 Å². The van der Waals surface area contributed by atoms with Crippen molar-refractivity contribution >= 4 is 35.1 Å². The molecule has 9 nitrogen and oxygen atoms in total. The van der Waals surface area contributed by atoms with Crippen LogP contribution in [0, 0.1) is 17.8 Å². The van der Waals surface area contributed by atoms with Crippen LogP contribution in [0.5, 0.6) is 11.5 Å². The van der Waals surface area contributed by atoms with Crippen molar-refractivity contribution in [2.24, 2.45) is 17.8 Å². The molecule has 3 atom stereocenters. The molecule has 3 amide bonds. The third-order valence-electron chi connectivity index (χ3n) is 6.54. The van der Waals surface area contributed by atoms with Crippen LogP contribution in [0.4, 0.5) is 11.4 Å². The molecule has 1 saturated carbocycles. The maximum atomic E-state index is 13.0. The zero-order valence-corrected chi connectivity index (χ0v) is 19.9. The van der Waals surface area contributed by atoms with Crippen molar-refractivity contribution in [3.63, 3.8) is 0 Å². The van der Waals surface area contributed by atoms with Crippen molar-refractivity contribution in [3.05, 3.63) is 48.0 Å². The number of carbonyl (C=O) groups is 4. The van der Waals surface area contributed by atoms with Gasteiger partial charge >= 0.3 is 5.97 Å². The van der Waals surface area contributed by atoms with E-state index in [-0.39, 0.29) is 29.2 Å². The van der Waals surface area contributed by atoms with Gasteiger partial charge in [0.15, 0.2) is 6.61 Å². The third kappa shape index (κ3) is 4.99. The van der Waals surface area contributed by atoms with E-state index in [1.807, 2.05) is 0 Å². The molecule has 0 aromatic heterocycles. The summed E-state index contributed by atoms with van der Waals surface area (Å²) in [6.07, 6.45) is 2.31. The molecule has 2 aliphatic rings. The van der Waals surface area contributed by atoms with Crippen LogP contribution in [-0.2, 0) is 19.1 Å². The fourth-order valence-corrected chi connectivity index (χ4v) is 4.72. The highest BCUT2D eigenvalue weighted by atomic mass is 16.5. The predicted octanol–water partition coefficient (Wildman–Crippen LogP) is 3.42. The fourth-order valence-electron chi connectivity index (χ4n) is 4.72. The van der Waals surface area contributed by atoms with E-state index in [9.17, 15) is 19.2 Å². The Kier molecular flexibility index (Phi) is 7.04. The van der Waals surface area contributed by atoms with Crippen LogP contribution < -0.4 is 19.7 Å². The van der Waals surface area contributed by atoms with E-state index in [4.69, 9.17) is 14.2 Å². The number of fused-ring (bicyclic) bond motifs is 1. The topological polar surface area (TPSA) is 111 Å². The summed E-state index contributed by atoms with van der Waals surface area (Å²) in [6, 6.07) is 11.1. The van der Waals surface area contributed by atoms with Gasteiger partial charge in [-0.2, -0.15) is 0 Å². The van der Waals surface area contributed by atoms with Crippen LogP contribution in [0.15, 0.2) is 42.5 Å². The minimum absolute atomic E-state index is 0.140. The quantitative estimate of drug-likeness (QED) is 0.477. The van der Waals surface area contributed by atoms with Gasteiger partial charge in [-0.3, -0.25) is 19.3 Å². The molecule has 1 heterocycles. The number of hydrogen-bond donors (Lipinski definition) is 1. The average molecular weight is 481 g/mol. The molecular formula is C26H28N2O7. The number of imide groups is 1. The summed E-state index contributed by atoms with van der Waals surface area (Å²) in [4.78, 5) is 52.0. The van der Waals surface area contributed by atoms with Crippen LogP contribution in [-0.4, -0.2) is 44.5 Å². The number of methoxy groups -OCH3 is 2. The SMILES string of the molecule is COc1ccc(NC(=O)COC(=O)c2cccc(N3C(=O)[C@@H]4CC[C@H](C)C[C@H]4C3=O)c2)c(OC)c1. The molecule has 4 rings (SSSR count). The molecule has 2 fully saturated rings. The van der Waals surface area contributed by atoms with Gasteiger partial charge in [0.1, 0.15) is 11.5 Å². The van der Waals surface area contributed by atoms with Gasteiger partial charge in [-0.15, -0.1) is 0 Å². The van der Waals surface area contributed by atoms with Crippen molar-refractivity contribution < 1.29 is 33.4 Å². The number of rotatable bonds is 7. The monoisotopic (exact) mass is 480 g/mol. The smallest absolute Gasteiger partial charge is 0.338 e. The molecule has 2 aromatic carbocycles. The standard InChI is InChI=1S/C26H28N2O7/c1-15-7-9-19-20(11-15)25(31)28(24(19)30)17-6-4-5-16(12-17)26(32)35-14-23(29)27-21-10-8-18(33-2)13-22(21)34-3/h4-6,8,10,12-13,15,19-20H,7,9,11,14H2,1-3H3,(H,27,29)/t15-,19+,20+/m0/s1. The highest BCUT2D eigenvalue weighted by Crippen LogP contribution is 2.42. The van der Waals surface area contributed by atoms with Gasteiger partial charge in [-0.05, 0) is 55.5 Å². The van der Waals surface area contributed by atoms with Gasteiger partial charge in [0.2, 0.25) is 11.8 Å². The molecular weight excluding hydrogens is 452 g/mol. The zero-order chi connectivity index (χ0) is 25.1. The van der Waals surface area contributed by atoms with Crippen molar-refractivity contribution in [2.45, 2.75) is 26.2 Å². The second-order valence-corrected chi connectivity index (χ2v) is 8.88. The second kappa shape index (κ2) is 10.2. The first-order valence-corrected chi connectivity index (χ1v) is 11.5. The average Bonchev–Trinajstić information content (AvgIpc) is 3.11. The first kappa shape index (κ1) is 24.3. The number of nitrogens with zero attached hydrogens (tertiary/aromatic N) is 1. The molecule has 1 saturated heterocycles. The van der Waals surface area contributed by atoms with Crippen LogP contribution in [0.2, 0.25) is 0 Å². The Morgan fingerprint density at radius 1 is 1.00 bits per heavy atom. The number of hydrogen-bond acceptors (Lipinski definition) is 7. The van der Waals surface area contributed by atoms with E-state index in [1.54, 1.807) is 30.3 Å². The fraction of sp³-hybridized carbons (Fsp3) is 0.385. The van der Waals surface area contributed by atoms with Gasteiger partial charge in [-0.1, -0.05) is 13.0 Å². The molecule has 0 radical (unpaired) electrons. The van der Waals surface area contributed by atoms with E-state index in [0.29, 0.717) is 41.6 Å². The molecule has 184 valence electrons. The minimum Gasteiger partial charge on any atom is -0.497 e. The van der Waals surface area contributed by atoms with Gasteiger partial charge < -0.3 is 19.5 Å². The molecule has 1 aliphatic carbocycles. The number of amides is 3. The highest BCUT2D eigenvalue weighted by molar-refractivity contribution is 6.22. The van der Waals surface area contributed by atoms with Crippen LogP contribution in [0.3, 0.4) is 0 Å². The van der Waals surface area contributed by atoms with Crippen LogP contribution in [0.25, 0.3) is 0 Å². The Morgan fingerprint density at radius 3 is 2.51 bits per heavy atom. The van der Waals surface area contributed by atoms with Crippen LogP contribution >= 0.6 is 0 Å². The lowest BCUT2D eigenvalue weighted by Gasteiger charge is -2.25.